The number of hydrogen-bond acceptors (Lipinski definition) is 4. The Labute approximate surface area is 187 Å². The van der Waals surface area contributed by atoms with Crippen LogP contribution in [0.1, 0.15) is 25.2 Å². The Hall–Kier alpha value is -2.55. The average molecular weight is 469 g/mol. The fraction of sp³-hybridized carbons (Fsp3) is 0.348. The number of alkyl halides is 3. The maximum atomic E-state index is 14.0. The molecule has 0 saturated carbocycles. The fourth-order valence-corrected chi connectivity index (χ4v) is 4.60. The number of rotatable bonds is 3. The first-order chi connectivity index (χ1) is 15.1. The number of phenols is 1. The van der Waals surface area contributed by atoms with Gasteiger partial charge in [0, 0.05) is 10.6 Å². The maximum Gasteiger partial charge on any atom is 0.450 e. The highest BCUT2D eigenvalue weighted by molar-refractivity contribution is 6.33. The summed E-state index contributed by atoms with van der Waals surface area (Å²) in [7, 11) is 0. The van der Waals surface area contributed by atoms with Crippen molar-refractivity contribution in [2.75, 3.05) is 13.1 Å². The third-order valence-electron chi connectivity index (χ3n) is 5.58. The Balaban J connectivity index is 1.95. The van der Waals surface area contributed by atoms with Gasteiger partial charge in [-0.3, -0.25) is 4.79 Å². The minimum atomic E-state index is -4.95. The molecule has 2 unspecified atom stereocenters. The van der Waals surface area contributed by atoms with Crippen LogP contribution in [0.3, 0.4) is 0 Å². The summed E-state index contributed by atoms with van der Waals surface area (Å²) < 4.78 is 53.1. The smallest absolute Gasteiger partial charge is 0.450 e. The summed E-state index contributed by atoms with van der Waals surface area (Å²) >= 11 is 6.11. The number of hydrogen-bond donors (Lipinski definition) is 2. The summed E-state index contributed by atoms with van der Waals surface area (Å²) in [5.41, 5.74) is -1.67. The normalized spacial score (nSPS) is 21.8. The van der Waals surface area contributed by atoms with E-state index in [-0.39, 0.29) is 51.6 Å². The second kappa shape index (κ2) is 8.42. The lowest BCUT2D eigenvalue weighted by Crippen LogP contribution is -3.14. The first-order valence-electron chi connectivity index (χ1n) is 10.2. The van der Waals surface area contributed by atoms with Crippen LogP contribution in [-0.4, -0.2) is 30.4 Å². The topological polar surface area (TPSA) is 64.1 Å². The summed E-state index contributed by atoms with van der Waals surface area (Å²) in [5.74, 6) is -1.66. The van der Waals surface area contributed by atoms with E-state index in [4.69, 9.17) is 20.8 Å². The van der Waals surface area contributed by atoms with Crippen molar-refractivity contribution in [2.45, 2.75) is 38.8 Å². The Morgan fingerprint density at radius 1 is 1.12 bits per heavy atom. The molecule has 0 aliphatic carbocycles. The molecule has 2 heterocycles. The summed E-state index contributed by atoms with van der Waals surface area (Å²) in [5, 5.41) is 10.4. The number of phenolic OH excluding ortho intramolecular Hbond substituents is 1. The van der Waals surface area contributed by atoms with E-state index in [0.717, 1.165) is 4.90 Å². The Bertz CT molecular complexity index is 1210. The van der Waals surface area contributed by atoms with Crippen molar-refractivity contribution < 1.29 is 32.3 Å². The lowest BCUT2D eigenvalue weighted by atomic mass is 10.00. The zero-order valence-corrected chi connectivity index (χ0v) is 18.2. The van der Waals surface area contributed by atoms with E-state index >= 15 is 0 Å². The van der Waals surface area contributed by atoms with Crippen LogP contribution < -0.4 is 10.3 Å². The minimum absolute atomic E-state index is 0.00406. The number of fused-ring (bicyclic) bond motifs is 1. The van der Waals surface area contributed by atoms with Crippen molar-refractivity contribution in [2.24, 2.45) is 0 Å². The van der Waals surface area contributed by atoms with Crippen molar-refractivity contribution >= 4 is 22.6 Å². The van der Waals surface area contributed by atoms with Gasteiger partial charge >= 0.3 is 6.18 Å². The molecule has 0 bridgehead atoms. The highest BCUT2D eigenvalue weighted by Gasteiger charge is 2.40. The molecular weight excluding hydrogens is 447 g/mol. The van der Waals surface area contributed by atoms with Gasteiger partial charge in [-0.05, 0) is 32.0 Å². The Morgan fingerprint density at radius 3 is 2.41 bits per heavy atom. The highest BCUT2D eigenvalue weighted by Crippen LogP contribution is 2.40. The van der Waals surface area contributed by atoms with Crippen molar-refractivity contribution in [3.8, 4) is 16.9 Å². The van der Waals surface area contributed by atoms with Crippen molar-refractivity contribution in [1.29, 1.82) is 0 Å². The zero-order valence-electron chi connectivity index (χ0n) is 17.4. The molecule has 9 heteroatoms. The van der Waals surface area contributed by atoms with Gasteiger partial charge in [0.2, 0.25) is 11.2 Å². The molecule has 4 rings (SSSR count). The summed E-state index contributed by atoms with van der Waals surface area (Å²) in [6, 6.07) is 8.40. The lowest BCUT2D eigenvalue weighted by Gasteiger charge is -2.32. The SMILES string of the molecule is CC1C[NH+](Cc2c(O)ccc3c(=O)c(-c4ccccc4Cl)c(C(F)(F)F)oc23)CC(C)O1. The van der Waals surface area contributed by atoms with Crippen LogP contribution in [0.5, 0.6) is 5.75 Å². The molecule has 2 atom stereocenters. The van der Waals surface area contributed by atoms with E-state index in [1.54, 1.807) is 6.07 Å². The number of nitrogens with one attached hydrogen (secondary N) is 1. The van der Waals surface area contributed by atoms with Crippen LogP contribution in [0.4, 0.5) is 13.2 Å². The van der Waals surface area contributed by atoms with Gasteiger partial charge in [0.25, 0.3) is 0 Å². The summed E-state index contributed by atoms with van der Waals surface area (Å²) in [4.78, 5) is 14.3. The van der Waals surface area contributed by atoms with Gasteiger partial charge in [-0.25, -0.2) is 0 Å². The second-order valence-electron chi connectivity index (χ2n) is 8.15. The number of halogens is 4. The van der Waals surface area contributed by atoms with Gasteiger partial charge in [0.15, 0.2) is 5.58 Å². The van der Waals surface area contributed by atoms with Gasteiger partial charge in [-0.2, -0.15) is 13.2 Å². The van der Waals surface area contributed by atoms with Crippen LogP contribution in [0.25, 0.3) is 22.1 Å². The molecule has 0 spiro atoms. The molecule has 2 N–H and O–H groups in total. The molecular formula is C23H22ClF3NO4+. The van der Waals surface area contributed by atoms with Crippen LogP contribution in [0.15, 0.2) is 45.6 Å². The van der Waals surface area contributed by atoms with Gasteiger partial charge in [0.1, 0.15) is 37.6 Å². The predicted molar refractivity (Wildman–Crippen MR) is 114 cm³/mol. The van der Waals surface area contributed by atoms with Crippen molar-refractivity contribution in [3.63, 3.8) is 0 Å². The van der Waals surface area contributed by atoms with Gasteiger partial charge in [-0.1, -0.05) is 29.8 Å². The Kier molecular flexibility index (Phi) is 5.96. The number of ether oxygens (including phenoxy) is 1. The van der Waals surface area contributed by atoms with Crippen LogP contribution in [0.2, 0.25) is 5.02 Å². The fourth-order valence-electron chi connectivity index (χ4n) is 4.37. The van der Waals surface area contributed by atoms with Gasteiger partial charge in [-0.15, -0.1) is 0 Å². The van der Waals surface area contributed by atoms with Crippen LogP contribution in [0, 0.1) is 0 Å². The predicted octanol–water partition coefficient (Wildman–Crippen LogP) is 4.03. The van der Waals surface area contributed by atoms with E-state index in [0.29, 0.717) is 13.1 Å². The second-order valence-corrected chi connectivity index (χ2v) is 8.55. The number of aromatic hydroxyl groups is 1. The third kappa shape index (κ3) is 4.22. The minimum Gasteiger partial charge on any atom is -0.507 e. The molecule has 1 aliphatic rings. The molecule has 5 nitrogen and oxygen atoms in total. The van der Waals surface area contributed by atoms with Crippen molar-refractivity contribution in [3.05, 3.63) is 63.0 Å². The van der Waals surface area contributed by atoms with Crippen molar-refractivity contribution in [1.82, 2.24) is 0 Å². The van der Waals surface area contributed by atoms with E-state index in [1.807, 2.05) is 13.8 Å². The molecule has 1 aliphatic heterocycles. The molecule has 0 radical (unpaired) electrons. The zero-order chi connectivity index (χ0) is 23.2. The first kappa shape index (κ1) is 22.6. The van der Waals surface area contributed by atoms with Gasteiger partial charge < -0.3 is 19.2 Å². The molecule has 0 amide bonds. The summed E-state index contributed by atoms with van der Waals surface area (Å²) in [6.45, 7) is 5.22. The monoisotopic (exact) mass is 468 g/mol. The van der Waals surface area contributed by atoms with E-state index < -0.39 is 22.9 Å². The quantitative estimate of drug-likeness (QED) is 0.609. The molecule has 1 saturated heterocycles. The highest BCUT2D eigenvalue weighted by atomic mass is 35.5. The van der Waals surface area contributed by atoms with Crippen LogP contribution in [-0.2, 0) is 17.5 Å². The number of benzene rings is 2. The lowest BCUT2D eigenvalue weighted by molar-refractivity contribution is -0.928. The van der Waals surface area contributed by atoms with Gasteiger partial charge in [0.05, 0.1) is 16.5 Å². The average Bonchev–Trinajstić information content (AvgIpc) is 2.69. The van der Waals surface area contributed by atoms with E-state index in [1.165, 1.54) is 30.3 Å². The molecule has 2 aromatic carbocycles. The number of morpholine rings is 1. The molecule has 32 heavy (non-hydrogen) atoms. The molecule has 3 aromatic rings. The van der Waals surface area contributed by atoms with Crippen LogP contribution >= 0.6 is 11.6 Å². The number of quaternary nitrogens is 1. The third-order valence-corrected chi connectivity index (χ3v) is 5.91. The maximum absolute atomic E-state index is 14.0. The first-order valence-corrected chi connectivity index (χ1v) is 10.6. The molecule has 1 fully saturated rings. The summed E-state index contributed by atoms with van der Waals surface area (Å²) in [6.07, 6.45) is -5.04. The molecule has 1 aromatic heterocycles. The van der Waals surface area contributed by atoms with E-state index in [2.05, 4.69) is 0 Å². The Morgan fingerprint density at radius 2 is 1.78 bits per heavy atom. The van der Waals surface area contributed by atoms with E-state index in [9.17, 15) is 23.1 Å². The standard InChI is InChI=1S/C23H21ClF3NO4/c1-12-9-28(10-13(2)31-12)11-16-18(29)8-7-15-20(30)19(14-5-3-4-6-17(14)24)22(23(25,26)27)32-21(15)16/h3-8,12-13,29H,9-11H2,1-2H3/p+1. The molecule has 170 valence electrons. The largest absolute Gasteiger partial charge is 0.507 e.